The summed E-state index contributed by atoms with van der Waals surface area (Å²) in [4.78, 5) is 27.4. The Balaban J connectivity index is 1.46. The number of carbonyl (C=O) groups is 1. The van der Waals surface area contributed by atoms with Crippen LogP contribution in [-0.2, 0) is 0 Å². The molecule has 0 radical (unpaired) electrons. The van der Waals surface area contributed by atoms with Gasteiger partial charge in [-0.2, -0.15) is 0 Å². The molecule has 4 aromatic rings. The average Bonchev–Trinajstić information content (AvgIpc) is 3.16. The third-order valence-corrected chi connectivity index (χ3v) is 5.80. The minimum absolute atomic E-state index is 0.0941. The van der Waals surface area contributed by atoms with E-state index >= 15 is 0 Å². The van der Waals surface area contributed by atoms with Crippen molar-refractivity contribution in [3.63, 3.8) is 0 Å². The second kappa shape index (κ2) is 8.84. The van der Waals surface area contributed by atoms with Crippen LogP contribution in [0.5, 0.6) is 0 Å². The fourth-order valence-electron chi connectivity index (χ4n) is 3.25. The van der Waals surface area contributed by atoms with Gasteiger partial charge in [0.1, 0.15) is 0 Å². The molecule has 7 heteroatoms. The van der Waals surface area contributed by atoms with Gasteiger partial charge in [0.15, 0.2) is 0 Å². The standard InChI is InChI=1S/C23H19N3O3S/c27-23(17-9-6-10-18(15-17)26(28)29)24-13-14-30-22-19-11-4-5-12-20(19)25-21(22)16-7-2-1-3-8-16/h1-12,15,25H,13-14H2,(H,24,27). The Bertz CT molecular complexity index is 1200. The molecule has 0 saturated carbocycles. The Kier molecular flexibility index (Phi) is 5.81. The Morgan fingerprint density at radius 1 is 1.00 bits per heavy atom. The molecule has 0 fully saturated rings. The minimum Gasteiger partial charge on any atom is -0.354 e. The molecule has 2 N–H and O–H groups in total. The number of hydrogen-bond acceptors (Lipinski definition) is 4. The van der Waals surface area contributed by atoms with Crippen molar-refractivity contribution in [2.45, 2.75) is 4.90 Å². The highest BCUT2D eigenvalue weighted by molar-refractivity contribution is 7.99. The Labute approximate surface area is 177 Å². The molecule has 0 atom stereocenters. The summed E-state index contributed by atoms with van der Waals surface area (Å²) in [7, 11) is 0. The molecule has 0 bridgehead atoms. The number of fused-ring (bicyclic) bond motifs is 1. The third-order valence-electron chi connectivity index (χ3n) is 4.67. The molecule has 3 aromatic carbocycles. The van der Waals surface area contributed by atoms with Crippen LogP contribution < -0.4 is 5.32 Å². The SMILES string of the molecule is O=C(NCCSc1c(-c2ccccc2)[nH]c2ccccc12)c1cccc([N+](=O)[O-])c1. The molecule has 0 aliphatic rings. The molecule has 0 spiro atoms. The number of amides is 1. The maximum Gasteiger partial charge on any atom is 0.270 e. The monoisotopic (exact) mass is 417 g/mol. The molecule has 1 aromatic heterocycles. The van der Waals surface area contributed by atoms with Gasteiger partial charge in [0.2, 0.25) is 0 Å². The average molecular weight is 417 g/mol. The fourth-order valence-corrected chi connectivity index (χ4v) is 4.31. The van der Waals surface area contributed by atoms with E-state index in [1.807, 2.05) is 30.3 Å². The molecule has 150 valence electrons. The van der Waals surface area contributed by atoms with E-state index in [-0.39, 0.29) is 17.2 Å². The minimum atomic E-state index is -0.505. The fraction of sp³-hybridized carbons (Fsp3) is 0.0870. The number of nitrogens with one attached hydrogen (secondary N) is 2. The van der Waals surface area contributed by atoms with Crippen LogP contribution in [-0.4, -0.2) is 28.1 Å². The number of rotatable bonds is 7. The normalized spacial score (nSPS) is 10.8. The quantitative estimate of drug-likeness (QED) is 0.186. The zero-order valence-electron chi connectivity index (χ0n) is 16.0. The van der Waals surface area contributed by atoms with E-state index in [2.05, 4.69) is 34.6 Å². The summed E-state index contributed by atoms with van der Waals surface area (Å²) in [6, 6.07) is 24.0. The van der Waals surface area contributed by atoms with E-state index in [4.69, 9.17) is 0 Å². The lowest BCUT2D eigenvalue weighted by atomic mass is 10.1. The number of nitro benzene ring substituents is 1. The Morgan fingerprint density at radius 3 is 2.57 bits per heavy atom. The maximum absolute atomic E-state index is 12.3. The summed E-state index contributed by atoms with van der Waals surface area (Å²) in [6.07, 6.45) is 0. The van der Waals surface area contributed by atoms with E-state index in [9.17, 15) is 14.9 Å². The van der Waals surface area contributed by atoms with Crippen molar-refractivity contribution in [2.75, 3.05) is 12.3 Å². The summed E-state index contributed by atoms with van der Waals surface area (Å²) >= 11 is 1.67. The number of benzene rings is 3. The van der Waals surface area contributed by atoms with Crippen molar-refractivity contribution >= 4 is 34.3 Å². The van der Waals surface area contributed by atoms with Crippen molar-refractivity contribution < 1.29 is 9.72 Å². The number of thioether (sulfide) groups is 1. The molecule has 0 aliphatic carbocycles. The van der Waals surface area contributed by atoms with Crippen molar-refractivity contribution in [3.05, 3.63) is 94.5 Å². The van der Waals surface area contributed by atoms with Crippen molar-refractivity contribution in [3.8, 4) is 11.3 Å². The van der Waals surface area contributed by atoms with Crippen LogP contribution in [0.1, 0.15) is 10.4 Å². The largest absolute Gasteiger partial charge is 0.354 e. The highest BCUT2D eigenvalue weighted by atomic mass is 32.2. The Morgan fingerprint density at radius 2 is 1.77 bits per heavy atom. The van der Waals surface area contributed by atoms with Gasteiger partial charge in [0.25, 0.3) is 11.6 Å². The van der Waals surface area contributed by atoms with Gasteiger partial charge in [0.05, 0.1) is 10.6 Å². The summed E-state index contributed by atoms with van der Waals surface area (Å²) < 4.78 is 0. The lowest BCUT2D eigenvalue weighted by Gasteiger charge is -2.07. The summed E-state index contributed by atoms with van der Waals surface area (Å²) in [6.45, 7) is 0.444. The van der Waals surface area contributed by atoms with E-state index in [0.717, 1.165) is 27.1 Å². The Hall–Kier alpha value is -3.58. The van der Waals surface area contributed by atoms with Gasteiger partial charge in [-0.05, 0) is 17.7 Å². The summed E-state index contributed by atoms with van der Waals surface area (Å²) in [5.41, 5.74) is 3.43. The van der Waals surface area contributed by atoms with Gasteiger partial charge >= 0.3 is 0 Å². The van der Waals surface area contributed by atoms with Gasteiger partial charge < -0.3 is 10.3 Å². The zero-order valence-corrected chi connectivity index (χ0v) is 16.8. The van der Waals surface area contributed by atoms with E-state index in [0.29, 0.717) is 12.3 Å². The number of aromatic amines is 1. The van der Waals surface area contributed by atoms with E-state index in [1.165, 1.54) is 18.2 Å². The first-order valence-electron chi connectivity index (χ1n) is 9.45. The predicted octanol–water partition coefficient (Wildman–Crippen LogP) is 5.27. The van der Waals surface area contributed by atoms with E-state index in [1.54, 1.807) is 17.8 Å². The number of nitrogens with zero attached hydrogens (tertiary/aromatic N) is 1. The first-order chi connectivity index (χ1) is 14.6. The summed E-state index contributed by atoms with van der Waals surface area (Å²) in [5, 5.41) is 14.9. The van der Waals surface area contributed by atoms with Crippen molar-refractivity contribution in [1.29, 1.82) is 0 Å². The number of carbonyl (C=O) groups excluding carboxylic acids is 1. The van der Waals surface area contributed by atoms with Crippen LogP contribution >= 0.6 is 11.8 Å². The third kappa shape index (κ3) is 4.21. The van der Waals surface area contributed by atoms with Crippen LogP contribution in [0.4, 0.5) is 5.69 Å². The smallest absolute Gasteiger partial charge is 0.270 e. The van der Waals surface area contributed by atoms with Gasteiger partial charge in [-0.1, -0.05) is 54.6 Å². The predicted molar refractivity (Wildman–Crippen MR) is 120 cm³/mol. The highest BCUT2D eigenvalue weighted by Gasteiger charge is 2.14. The lowest BCUT2D eigenvalue weighted by molar-refractivity contribution is -0.384. The van der Waals surface area contributed by atoms with Crippen LogP contribution in [0.15, 0.2) is 83.8 Å². The molecular formula is C23H19N3O3S. The molecule has 4 rings (SSSR count). The van der Waals surface area contributed by atoms with Crippen LogP contribution in [0.3, 0.4) is 0 Å². The van der Waals surface area contributed by atoms with Crippen LogP contribution in [0, 0.1) is 10.1 Å². The number of non-ortho nitro benzene ring substituents is 1. The number of aromatic nitrogens is 1. The molecule has 0 aliphatic heterocycles. The number of hydrogen-bond donors (Lipinski definition) is 2. The van der Waals surface area contributed by atoms with Crippen LogP contribution in [0.25, 0.3) is 22.2 Å². The number of para-hydroxylation sites is 1. The summed E-state index contributed by atoms with van der Waals surface area (Å²) in [5.74, 6) is 0.351. The second-order valence-electron chi connectivity index (χ2n) is 6.65. The molecule has 0 unspecified atom stereocenters. The first-order valence-corrected chi connectivity index (χ1v) is 10.4. The number of H-pyrrole nitrogens is 1. The molecule has 1 heterocycles. The molecular weight excluding hydrogens is 398 g/mol. The van der Waals surface area contributed by atoms with Gasteiger partial charge in [-0.15, -0.1) is 11.8 Å². The second-order valence-corrected chi connectivity index (χ2v) is 7.76. The molecule has 6 nitrogen and oxygen atoms in total. The van der Waals surface area contributed by atoms with Crippen molar-refractivity contribution in [1.82, 2.24) is 10.3 Å². The zero-order chi connectivity index (χ0) is 20.9. The highest BCUT2D eigenvalue weighted by Crippen LogP contribution is 2.37. The maximum atomic E-state index is 12.3. The number of nitro groups is 1. The molecule has 1 amide bonds. The van der Waals surface area contributed by atoms with Gasteiger partial charge in [0, 0.05) is 45.8 Å². The molecule has 30 heavy (non-hydrogen) atoms. The lowest BCUT2D eigenvalue weighted by Crippen LogP contribution is -2.25. The van der Waals surface area contributed by atoms with Crippen molar-refractivity contribution in [2.24, 2.45) is 0 Å². The molecule has 0 saturated heterocycles. The topological polar surface area (TPSA) is 88.0 Å². The van der Waals surface area contributed by atoms with Gasteiger partial charge in [-0.25, -0.2) is 0 Å². The first kappa shape index (κ1) is 19.7. The van der Waals surface area contributed by atoms with Crippen LogP contribution in [0.2, 0.25) is 0 Å². The van der Waals surface area contributed by atoms with Gasteiger partial charge in [-0.3, -0.25) is 14.9 Å². The van der Waals surface area contributed by atoms with E-state index < -0.39 is 4.92 Å².